The minimum atomic E-state index is -0.127. The monoisotopic (exact) mass is 159 g/mol. The third-order valence-corrected chi connectivity index (χ3v) is 1.45. The van der Waals surface area contributed by atoms with Crippen molar-refractivity contribution in [1.29, 1.82) is 0 Å². The molecule has 0 radical (unpaired) electrons. The smallest absolute Gasteiger partial charge is 0.308 e. The second-order valence-electron chi connectivity index (χ2n) is 2.65. The Bertz CT molecular complexity index is 115. The Hall–Kier alpha value is -0.570. The molecule has 0 aromatic heterocycles. The van der Waals surface area contributed by atoms with Crippen LogP contribution in [0.4, 0.5) is 0 Å². The highest BCUT2D eigenvalue weighted by Crippen LogP contribution is 2.02. The molecule has 0 aliphatic heterocycles. The van der Waals surface area contributed by atoms with Crippen LogP contribution in [0.5, 0.6) is 0 Å². The zero-order chi connectivity index (χ0) is 8.69. The molecule has 0 bridgehead atoms. The maximum Gasteiger partial charge on any atom is 0.308 e. The van der Waals surface area contributed by atoms with Gasteiger partial charge in [-0.1, -0.05) is 13.8 Å². The van der Waals surface area contributed by atoms with E-state index < -0.39 is 0 Å². The molecule has 0 aliphatic carbocycles. The number of rotatable bonds is 5. The van der Waals surface area contributed by atoms with E-state index in [1.807, 2.05) is 13.8 Å². The maximum atomic E-state index is 11.0. The van der Waals surface area contributed by atoms with E-state index in [-0.39, 0.29) is 11.9 Å². The van der Waals surface area contributed by atoms with Gasteiger partial charge in [-0.15, -0.1) is 0 Å². The molecule has 0 saturated carbocycles. The highest BCUT2D eigenvalue weighted by molar-refractivity contribution is 5.71. The Morgan fingerprint density at radius 1 is 1.64 bits per heavy atom. The van der Waals surface area contributed by atoms with Crippen LogP contribution in [-0.4, -0.2) is 19.1 Å². The van der Waals surface area contributed by atoms with Gasteiger partial charge in [0.1, 0.15) is 0 Å². The zero-order valence-corrected chi connectivity index (χ0v) is 7.30. The molecule has 0 heterocycles. The Morgan fingerprint density at radius 3 is 2.73 bits per heavy atom. The van der Waals surface area contributed by atoms with Gasteiger partial charge in [0.25, 0.3) is 0 Å². The Kier molecular flexibility index (Phi) is 5.84. The fourth-order valence-corrected chi connectivity index (χ4v) is 0.713. The van der Waals surface area contributed by atoms with E-state index >= 15 is 0 Å². The lowest BCUT2D eigenvalue weighted by molar-refractivity contribution is -0.148. The van der Waals surface area contributed by atoms with Gasteiger partial charge in [-0.25, -0.2) is 0 Å². The van der Waals surface area contributed by atoms with Gasteiger partial charge in [0.15, 0.2) is 0 Å². The van der Waals surface area contributed by atoms with Crippen LogP contribution in [0.1, 0.15) is 26.7 Å². The number of hydrogen-bond acceptors (Lipinski definition) is 3. The van der Waals surface area contributed by atoms with Crippen molar-refractivity contribution < 1.29 is 9.53 Å². The fraction of sp³-hybridized carbons (Fsp3) is 0.875. The van der Waals surface area contributed by atoms with Crippen molar-refractivity contribution in [3.05, 3.63) is 0 Å². The molecule has 3 nitrogen and oxygen atoms in total. The molecule has 1 atom stereocenters. The Morgan fingerprint density at radius 2 is 2.27 bits per heavy atom. The van der Waals surface area contributed by atoms with E-state index in [2.05, 4.69) is 0 Å². The first-order chi connectivity index (χ1) is 5.22. The summed E-state index contributed by atoms with van der Waals surface area (Å²) in [6, 6.07) is 0. The molecule has 1 unspecified atom stereocenters. The molecule has 0 aromatic carbocycles. The van der Waals surface area contributed by atoms with Crippen LogP contribution in [0.25, 0.3) is 0 Å². The van der Waals surface area contributed by atoms with Crippen molar-refractivity contribution in [2.45, 2.75) is 26.7 Å². The molecule has 0 rings (SSSR count). The van der Waals surface area contributed by atoms with Gasteiger partial charge in [-0.2, -0.15) is 0 Å². The van der Waals surface area contributed by atoms with Crippen LogP contribution in [0, 0.1) is 5.92 Å². The molecular formula is C8H17NO2. The van der Waals surface area contributed by atoms with Crippen LogP contribution < -0.4 is 5.73 Å². The molecule has 0 amide bonds. The van der Waals surface area contributed by atoms with Crippen molar-refractivity contribution in [2.75, 3.05) is 13.2 Å². The summed E-state index contributed by atoms with van der Waals surface area (Å²) in [5.74, 6) is -0.177. The van der Waals surface area contributed by atoms with Crippen LogP contribution in [0.15, 0.2) is 0 Å². The first-order valence-electron chi connectivity index (χ1n) is 4.09. The summed E-state index contributed by atoms with van der Waals surface area (Å²) in [5.41, 5.74) is 5.29. The molecule has 2 N–H and O–H groups in total. The molecule has 0 spiro atoms. The predicted octanol–water partition coefficient (Wildman–Crippen LogP) is 0.924. The molecule has 0 aliphatic rings. The number of ether oxygens (including phenoxy) is 1. The van der Waals surface area contributed by atoms with E-state index in [4.69, 9.17) is 10.5 Å². The van der Waals surface area contributed by atoms with Gasteiger partial charge in [0.05, 0.1) is 12.5 Å². The minimum Gasteiger partial charge on any atom is -0.465 e. The van der Waals surface area contributed by atoms with E-state index in [0.717, 1.165) is 6.42 Å². The van der Waals surface area contributed by atoms with Crippen LogP contribution in [-0.2, 0) is 9.53 Å². The lowest BCUT2D eigenvalue weighted by Gasteiger charge is -2.08. The topological polar surface area (TPSA) is 52.3 Å². The molecule has 3 heteroatoms. The summed E-state index contributed by atoms with van der Waals surface area (Å²) < 4.78 is 4.91. The number of carbonyl (C=O) groups is 1. The highest BCUT2D eigenvalue weighted by atomic mass is 16.5. The number of nitrogens with two attached hydrogens (primary N) is 1. The molecule has 66 valence electrons. The van der Waals surface area contributed by atoms with Gasteiger partial charge < -0.3 is 10.5 Å². The molecule has 0 aromatic rings. The molecule has 11 heavy (non-hydrogen) atoms. The summed E-state index contributed by atoms with van der Waals surface area (Å²) in [6.45, 7) is 4.88. The Balaban J connectivity index is 3.47. The van der Waals surface area contributed by atoms with Crippen molar-refractivity contribution >= 4 is 5.97 Å². The zero-order valence-electron chi connectivity index (χ0n) is 7.30. The lowest BCUT2D eigenvalue weighted by Crippen LogP contribution is -2.18. The van der Waals surface area contributed by atoms with Gasteiger partial charge >= 0.3 is 5.97 Å². The van der Waals surface area contributed by atoms with Gasteiger partial charge in [-0.05, 0) is 19.4 Å². The summed E-state index contributed by atoms with van der Waals surface area (Å²) in [4.78, 5) is 11.0. The van der Waals surface area contributed by atoms with Crippen LogP contribution >= 0.6 is 0 Å². The summed E-state index contributed by atoms with van der Waals surface area (Å²) in [6.07, 6.45) is 1.59. The molecular weight excluding hydrogens is 142 g/mol. The second kappa shape index (κ2) is 6.16. The average Bonchev–Trinajstić information content (AvgIpc) is 2.00. The Labute approximate surface area is 67.9 Å². The lowest BCUT2D eigenvalue weighted by atomic mass is 10.1. The van der Waals surface area contributed by atoms with E-state index in [1.165, 1.54) is 0 Å². The summed E-state index contributed by atoms with van der Waals surface area (Å²) >= 11 is 0. The average molecular weight is 159 g/mol. The summed E-state index contributed by atoms with van der Waals surface area (Å²) in [5, 5.41) is 0. The first kappa shape index (κ1) is 10.4. The van der Waals surface area contributed by atoms with Crippen LogP contribution in [0.3, 0.4) is 0 Å². The largest absolute Gasteiger partial charge is 0.465 e. The van der Waals surface area contributed by atoms with Crippen molar-refractivity contribution in [1.82, 2.24) is 0 Å². The van der Waals surface area contributed by atoms with Crippen LogP contribution in [0.2, 0.25) is 0 Å². The number of carbonyl (C=O) groups excluding carboxylic acids is 1. The quantitative estimate of drug-likeness (QED) is 0.607. The minimum absolute atomic E-state index is 0.0495. The van der Waals surface area contributed by atoms with Gasteiger partial charge in [-0.3, -0.25) is 4.79 Å². The third-order valence-electron chi connectivity index (χ3n) is 1.45. The number of esters is 1. The predicted molar refractivity (Wildman–Crippen MR) is 44.1 cm³/mol. The normalized spacial score (nSPS) is 12.6. The van der Waals surface area contributed by atoms with Gasteiger partial charge in [0.2, 0.25) is 0 Å². The molecule has 0 saturated heterocycles. The van der Waals surface area contributed by atoms with Crippen molar-refractivity contribution in [2.24, 2.45) is 11.7 Å². The third kappa shape index (κ3) is 4.79. The van der Waals surface area contributed by atoms with Crippen molar-refractivity contribution in [3.8, 4) is 0 Å². The first-order valence-corrected chi connectivity index (χ1v) is 4.09. The SMILES string of the molecule is CCCOC(=O)C(C)CCN. The van der Waals surface area contributed by atoms with Gasteiger partial charge in [0, 0.05) is 0 Å². The standard InChI is InChI=1S/C8H17NO2/c1-3-6-11-8(10)7(2)4-5-9/h7H,3-6,9H2,1-2H3. The molecule has 0 fully saturated rings. The van der Waals surface area contributed by atoms with E-state index in [1.54, 1.807) is 0 Å². The van der Waals surface area contributed by atoms with E-state index in [9.17, 15) is 4.79 Å². The van der Waals surface area contributed by atoms with Crippen molar-refractivity contribution in [3.63, 3.8) is 0 Å². The number of hydrogen-bond donors (Lipinski definition) is 1. The second-order valence-corrected chi connectivity index (χ2v) is 2.65. The van der Waals surface area contributed by atoms with E-state index in [0.29, 0.717) is 19.6 Å². The summed E-state index contributed by atoms with van der Waals surface area (Å²) in [7, 11) is 0. The highest BCUT2D eigenvalue weighted by Gasteiger charge is 2.11. The maximum absolute atomic E-state index is 11.0. The fourth-order valence-electron chi connectivity index (χ4n) is 0.713.